The van der Waals surface area contributed by atoms with Crippen LogP contribution in [0.1, 0.15) is 20.8 Å². The summed E-state index contributed by atoms with van der Waals surface area (Å²) in [6.07, 6.45) is 0. The molecule has 0 aliphatic carbocycles. The van der Waals surface area contributed by atoms with Crippen molar-refractivity contribution in [2.75, 3.05) is 13.2 Å². The van der Waals surface area contributed by atoms with Gasteiger partial charge in [0.2, 0.25) is 0 Å². The Labute approximate surface area is 105 Å². The number of esters is 2. The van der Waals surface area contributed by atoms with Crippen molar-refractivity contribution in [2.24, 2.45) is 0 Å². The SMILES string of the molecule is C=C(C)C(=O)OCC(COC(C)=O)SC(C)=O. The van der Waals surface area contributed by atoms with E-state index in [1.54, 1.807) is 0 Å². The Balaban J connectivity index is 4.18. The smallest absolute Gasteiger partial charge is 0.333 e. The molecule has 5 nitrogen and oxygen atoms in total. The first-order valence-corrected chi connectivity index (χ1v) is 5.84. The highest BCUT2D eigenvalue weighted by atomic mass is 32.2. The van der Waals surface area contributed by atoms with Gasteiger partial charge in [0.05, 0.1) is 5.25 Å². The van der Waals surface area contributed by atoms with E-state index in [0.717, 1.165) is 11.8 Å². The normalized spacial score (nSPS) is 11.5. The number of thioether (sulfide) groups is 1. The van der Waals surface area contributed by atoms with E-state index in [-0.39, 0.29) is 29.2 Å². The molecule has 0 aliphatic heterocycles. The number of rotatable bonds is 6. The highest BCUT2D eigenvalue weighted by Crippen LogP contribution is 2.13. The maximum absolute atomic E-state index is 11.1. The van der Waals surface area contributed by atoms with Gasteiger partial charge in [-0.3, -0.25) is 9.59 Å². The highest BCUT2D eigenvalue weighted by molar-refractivity contribution is 8.14. The Morgan fingerprint density at radius 2 is 1.65 bits per heavy atom. The standard InChI is InChI=1S/C11H16O5S/c1-7(2)11(14)16-6-10(17-9(4)13)5-15-8(3)12/h10H,1,5-6H2,2-4H3. The molecule has 0 spiro atoms. The molecule has 6 heteroatoms. The Bertz CT molecular complexity index is 324. The minimum atomic E-state index is -0.526. The molecule has 0 radical (unpaired) electrons. The van der Waals surface area contributed by atoms with Crippen LogP contribution in [0, 0.1) is 0 Å². The van der Waals surface area contributed by atoms with Crippen LogP contribution in [0.3, 0.4) is 0 Å². The van der Waals surface area contributed by atoms with E-state index in [2.05, 4.69) is 6.58 Å². The minimum Gasteiger partial charge on any atom is -0.465 e. The van der Waals surface area contributed by atoms with Gasteiger partial charge in [-0.05, 0) is 6.92 Å². The van der Waals surface area contributed by atoms with Gasteiger partial charge in [0.1, 0.15) is 13.2 Å². The van der Waals surface area contributed by atoms with Crippen LogP contribution < -0.4 is 0 Å². The van der Waals surface area contributed by atoms with Crippen LogP contribution in [0.5, 0.6) is 0 Å². The number of hydrogen-bond acceptors (Lipinski definition) is 6. The molecule has 1 unspecified atom stereocenters. The first-order valence-electron chi connectivity index (χ1n) is 4.96. The molecule has 1 atom stereocenters. The first kappa shape index (κ1) is 15.7. The molecule has 0 saturated carbocycles. The van der Waals surface area contributed by atoms with Crippen molar-refractivity contribution in [1.29, 1.82) is 0 Å². The number of carbonyl (C=O) groups excluding carboxylic acids is 3. The van der Waals surface area contributed by atoms with E-state index in [1.165, 1.54) is 20.8 Å². The molecule has 0 amide bonds. The van der Waals surface area contributed by atoms with E-state index in [0.29, 0.717) is 0 Å². The lowest BCUT2D eigenvalue weighted by molar-refractivity contribution is -0.142. The largest absolute Gasteiger partial charge is 0.465 e. The molecular formula is C11H16O5S. The van der Waals surface area contributed by atoms with Crippen LogP contribution in [0.4, 0.5) is 0 Å². The lowest BCUT2D eigenvalue weighted by Crippen LogP contribution is -2.23. The van der Waals surface area contributed by atoms with Gasteiger partial charge in [-0.1, -0.05) is 18.3 Å². The summed E-state index contributed by atoms with van der Waals surface area (Å²) in [5, 5.41) is -0.520. The molecule has 0 N–H and O–H groups in total. The second kappa shape index (κ2) is 7.89. The topological polar surface area (TPSA) is 69.7 Å². The average molecular weight is 260 g/mol. The van der Waals surface area contributed by atoms with Crippen molar-refractivity contribution in [2.45, 2.75) is 26.0 Å². The first-order chi connectivity index (χ1) is 7.82. The van der Waals surface area contributed by atoms with Crippen LogP contribution in [0.2, 0.25) is 0 Å². The summed E-state index contributed by atoms with van der Waals surface area (Å²) in [5.41, 5.74) is 0.282. The van der Waals surface area contributed by atoms with E-state index in [4.69, 9.17) is 9.47 Å². The quantitative estimate of drug-likeness (QED) is 0.530. The van der Waals surface area contributed by atoms with E-state index in [9.17, 15) is 14.4 Å². The van der Waals surface area contributed by atoms with Gasteiger partial charge in [-0.2, -0.15) is 0 Å². The monoisotopic (exact) mass is 260 g/mol. The Hall–Kier alpha value is -1.30. The highest BCUT2D eigenvalue weighted by Gasteiger charge is 2.16. The molecule has 0 fully saturated rings. The van der Waals surface area contributed by atoms with E-state index >= 15 is 0 Å². The maximum atomic E-state index is 11.1. The summed E-state index contributed by atoms with van der Waals surface area (Å²) in [6.45, 7) is 7.67. The van der Waals surface area contributed by atoms with Crippen LogP contribution in [-0.2, 0) is 23.9 Å². The molecule has 0 aromatic carbocycles. The van der Waals surface area contributed by atoms with Crippen molar-refractivity contribution in [3.05, 3.63) is 12.2 Å². The van der Waals surface area contributed by atoms with Gasteiger partial charge < -0.3 is 9.47 Å². The van der Waals surface area contributed by atoms with Gasteiger partial charge in [-0.15, -0.1) is 0 Å². The van der Waals surface area contributed by atoms with Gasteiger partial charge in [0.15, 0.2) is 5.12 Å². The van der Waals surface area contributed by atoms with Crippen LogP contribution >= 0.6 is 11.8 Å². The van der Waals surface area contributed by atoms with Crippen LogP contribution in [0.25, 0.3) is 0 Å². The van der Waals surface area contributed by atoms with Crippen LogP contribution in [0.15, 0.2) is 12.2 Å². The van der Waals surface area contributed by atoms with Crippen molar-refractivity contribution < 1.29 is 23.9 Å². The summed E-state index contributed by atoms with van der Waals surface area (Å²) in [7, 11) is 0. The molecule has 0 aromatic heterocycles. The third-order valence-corrected chi connectivity index (χ3v) is 2.49. The fourth-order valence-electron chi connectivity index (χ4n) is 0.853. The Morgan fingerprint density at radius 1 is 1.12 bits per heavy atom. The van der Waals surface area contributed by atoms with E-state index in [1.807, 2.05) is 0 Å². The zero-order valence-corrected chi connectivity index (χ0v) is 11.0. The van der Waals surface area contributed by atoms with Gasteiger partial charge in [-0.25, -0.2) is 4.79 Å². The molecule has 0 saturated heterocycles. The number of carbonyl (C=O) groups is 3. The third kappa shape index (κ3) is 8.50. The lowest BCUT2D eigenvalue weighted by atomic mass is 10.4. The molecule has 0 aliphatic rings. The Kier molecular flexibility index (Phi) is 7.29. The molecule has 0 rings (SSSR count). The zero-order chi connectivity index (χ0) is 13.4. The minimum absolute atomic E-state index is 0.00319. The van der Waals surface area contributed by atoms with Crippen molar-refractivity contribution >= 4 is 28.8 Å². The fraction of sp³-hybridized carbons (Fsp3) is 0.545. The van der Waals surface area contributed by atoms with Crippen molar-refractivity contribution in [1.82, 2.24) is 0 Å². The predicted octanol–water partition coefficient (Wildman–Crippen LogP) is 1.32. The second-order valence-corrected chi connectivity index (χ2v) is 4.89. The summed E-state index contributed by atoms with van der Waals surface area (Å²) in [6, 6.07) is 0. The summed E-state index contributed by atoms with van der Waals surface area (Å²) < 4.78 is 9.67. The molecule has 0 heterocycles. The summed E-state index contributed by atoms with van der Waals surface area (Å²) >= 11 is 0.972. The van der Waals surface area contributed by atoms with Crippen LogP contribution in [-0.4, -0.2) is 35.5 Å². The van der Waals surface area contributed by atoms with Crippen molar-refractivity contribution in [3.8, 4) is 0 Å². The molecule has 0 bridgehead atoms. The number of hydrogen-bond donors (Lipinski definition) is 0. The zero-order valence-electron chi connectivity index (χ0n) is 10.1. The Morgan fingerprint density at radius 3 is 2.06 bits per heavy atom. The fourth-order valence-corrected chi connectivity index (χ4v) is 1.59. The molecule has 96 valence electrons. The second-order valence-electron chi connectivity index (χ2n) is 3.41. The summed E-state index contributed by atoms with van der Waals surface area (Å²) in [4.78, 5) is 32.7. The maximum Gasteiger partial charge on any atom is 0.333 e. The molecule has 17 heavy (non-hydrogen) atoms. The van der Waals surface area contributed by atoms with Gasteiger partial charge in [0.25, 0.3) is 0 Å². The van der Waals surface area contributed by atoms with Crippen molar-refractivity contribution in [3.63, 3.8) is 0 Å². The average Bonchev–Trinajstić information content (AvgIpc) is 2.20. The predicted molar refractivity (Wildman–Crippen MR) is 64.5 cm³/mol. The lowest BCUT2D eigenvalue weighted by Gasteiger charge is -2.14. The number of ether oxygens (including phenoxy) is 2. The molecule has 0 aromatic rings. The van der Waals surface area contributed by atoms with Gasteiger partial charge in [0, 0.05) is 19.4 Å². The molecular weight excluding hydrogens is 244 g/mol. The van der Waals surface area contributed by atoms with Gasteiger partial charge >= 0.3 is 11.9 Å². The summed E-state index contributed by atoms with van der Waals surface area (Å²) in [5.74, 6) is -0.965. The van der Waals surface area contributed by atoms with E-state index < -0.39 is 11.9 Å². The third-order valence-electron chi connectivity index (χ3n) is 1.55.